The summed E-state index contributed by atoms with van der Waals surface area (Å²) >= 11 is 0. The lowest BCUT2D eigenvalue weighted by Gasteiger charge is -2.10. The van der Waals surface area contributed by atoms with Crippen LogP contribution in [0.3, 0.4) is 0 Å². The number of benzene rings is 2. The first kappa shape index (κ1) is 15.1. The van der Waals surface area contributed by atoms with Crippen LogP contribution in [0.15, 0.2) is 42.5 Å². The summed E-state index contributed by atoms with van der Waals surface area (Å²) in [5.41, 5.74) is 3.34. The zero-order valence-electron chi connectivity index (χ0n) is 13.1. The first-order valence-electron chi connectivity index (χ1n) is 7.47. The summed E-state index contributed by atoms with van der Waals surface area (Å²) in [7, 11) is 0. The maximum Gasteiger partial charge on any atom is 0.262 e. The lowest BCUT2D eigenvalue weighted by atomic mass is 10.0. The topological polar surface area (TPSA) is 67.4 Å². The molecule has 2 N–H and O–H groups in total. The molecule has 3 rings (SSSR count). The fraction of sp³-hybridized carbons (Fsp3) is 0.222. The van der Waals surface area contributed by atoms with E-state index in [0.29, 0.717) is 11.4 Å². The molecule has 2 amide bonds. The lowest BCUT2D eigenvalue weighted by Crippen LogP contribution is -2.20. The Hall–Kier alpha value is -2.82. The van der Waals surface area contributed by atoms with Crippen LogP contribution < -0.4 is 15.4 Å². The largest absolute Gasteiger partial charge is 0.483 e. The molecule has 0 bridgehead atoms. The van der Waals surface area contributed by atoms with Crippen LogP contribution in [-0.2, 0) is 9.59 Å². The Kier molecular flexibility index (Phi) is 4.02. The number of anilines is 2. The predicted octanol–water partition coefficient (Wildman–Crippen LogP) is 3.07. The normalized spacial score (nSPS) is 15.7. The van der Waals surface area contributed by atoms with E-state index in [1.54, 1.807) is 12.1 Å². The molecule has 5 heteroatoms. The number of carbonyl (C=O) groups is 2. The molecule has 0 saturated heterocycles. The van der Waals surface area contributed by atoms with Crippen LogP contribution in [0.1, 0.15) is 24.0 Å². The first-order valence-corrected chi connectivity index (χ1v) is 7.47. The number of hydrogen-bond donors (Lipinski definition) is 2. The first-order chi connectivity index (χ1) is 11.0. The second-order valence-corrected chi connectivity index (χ2v) is 5.62. The van der Waals surface area contributed by atoms with Gasteiger partial charge in [0.25, 0.3) is 5.91 Å². The smallest absolute Gasteiger partial charge is 0.262 e. The molecule has 0 fully saturated rings. The summed E-state index contributed by atoms with van der Waals surface area (Å²) in [5.74, 6) is 0.231. The van der Waals surface area contributed by atoms with Gasteiger partial charge in [0, 0.05) is 11.4 Å². The molecule has 0 aromatic heterocycles. The minimum atomic E-state index is -0.238. The van der Waals surface area contributed by atoms with Crippen LogP contribution in [0.5, 0.6) is 5.75 Å². The van der Waals surface area contributed by atoms with E-state index in [0.717, 1.165) is 16.8 Å². The van der Waals surface area contributed by atoms with Crippen molar-refractivity contribution < 1.29 is 14.3 Å². The van der Waals surface area contributed by atoms with E-state index in [9.17, 15) is 9.59 Å². The highest BCUT2D eigenvalue weighted by atomic mass is 16.5. The fourth-order valence-corrected chi connectivity index (χ4v) is 2.55. The quantitative estimate of drug-likeness (QED) is 0.912. The van der Waals surface area contributed by atoms with Crippen molar-refractivity contribution in [1.82, 2.24) is 0 Å². The van der Waals surface area contributed by atoms with Crippen molar-refractivity contribution in [3.63, 3.8) is 0 Å². The van der Waals surface area contributed by atoms with Gasteiger partial charge in [-0.15, -0.1) is 0 Å². The third-order valence-corrected chi connectivity index (χ3v) is 3.91. The minimum absolute atomic E-state index is 0.0219. The molecule has 1 aliphatic rings. The molecule has 0 saturated carbocycles. The van der Waals surface area contributed by atoms with E-state index in [2.05, 4.69) is 10.6 Å². The van der Waals surface area contributed by atoms with Gasteiger partial charge in [0.15, 0.2) is 6.61 Å². The number of rotatable bonds is 4. The third kappa shape index (κ3) is 3.18. The molecule has 2 aromatic rings. The van der Waals surface area contributed by atoms with E-state index >= 15 is 0 Å². The van der Waals surface area contributed by atoms with E-state index in [4.69, 9.17) is 4.74 Å². The highest BCUT2D eigenvalue weighted by Crippen LogP contribution is 2.33. The summed E-state index contributed by atoms with van der Waals surface area (Å²) in [5, 5.41) is 5.60. The molecule has 2 aromatic carbocycles. The Morgan fingerprint density at radius 3 is 2.83 bits per heavy atom. The standard InChI is InChI=1S/C18H18N2O3/c1-11-5-3-4-6-16(11)23-10-17(21)19-13-7-8-15-14(9-13)12(2)18(22)20-15/h3-9,12H,10H2,1-2H3,(H,19,21)(H,20,22). The average Bonchev–Trinajstić information content (AvgIpc) is 2.81. The second-order valence-electron chi connectivity index (χ2n) is 5.62. The molecule has 1 heterocycles. The Morgan fingerprint density at radius 2 is 2.04 bits per heavy atom. The Labute approximate surface area is 134 Å². The van der Waals surface area contributed by atoms with Crippen molar-refractivity contribution in [1.29, 1.82) is 0 Å². The van der Waals surface area contributed by atoms with Gasteiger partial charge in [0.1, 0.15) is 5.75 Å². The number of carbonyl (C=O) groups excluding carboxylic acids is 2. The lowest BCUT2D eigenvalue weighted by molar-refractivity contribution is -0.118. The molecule has 0 aliphatic carbocycles. The third-order valence-electron chi connectivity index (χ3n) is 3.91. The van der Waals surface area contributed by atoms with Crippen molar-refractivity contribution in [3.05, 3.63) is 53.6 Å². The van der Waals surface area contributed by atoms with Gasteiger partial charge in [-0.1, -0.05) is 18.2 Å². The number of fused-ring (bicyclic) bond motifs is 1. The molecule has 23 heavy (non-hydrogen) atoms. The fourth-order valence-electron chi connectivity index (χ4n) is 2.55. The van der Waals surface area contributed by atoms with Gasteiger partial charge in [0.05, 0.1) is 5.92 Å². The van der Waals surface area contributed by atoms with Crippen molar-refractivity contribution in [2.75, 3.05) is 17.2 Å². The molecule has 5 nitrogen and oxygen atoms in total. The van der Waals surface area contributed by atoms with Crippen LogP contribution in [0, 0.1) is 6.92 Å². The van der Waals surface area contributed by atoms with Gasteiger partial charge in [-0.3, -0.25) is 9.59 Å². The van der Waals surface area contributed by atoms with Gasteiger partial charge in [0.2, 0.25) is 5.91 Å². The van der Waals surface area contributed by atoms with Crippen molar-refractivity contribution in [3.8, 4) is 5.75 Å². The number of amides is 2. The van der Waals surface area contributed by atoms with Gasteiger partial charge < -0.3 is 15.4 Å². The van der Waals surface area contributed by atoms with Crippen molar-refractivity contribution in [2.24, 2.45) is 0 Å². The van der Waals surface area contributed by atoms with Gasteiger partial charge >= 0.3 is 0 Å². The minimum Gasteiger partial charge on any atom is -0.483 e. The molecule has 118 valence electrons. The second kappa shape index (κ2) is 6.12. The summed E-state index contributed by atoms with van der Waals surface area (Å²) < 4.78 is 5.52. The van der Waals surface area contributed by atoms with Gasteiger partial charge in [-0.05, 0) is 49.2 Å². The number of aryl methyl sites for hydroxylation is 1. The zero-order valence-corrected chi connectivity index (χ0v) is 13.1. The zero-order chi connectivity index (χ0) is 16.4. The van der Waals surface area contributed by atoms with Crippen LogP contribution in [0.4, 0.5) is 11.4 Å². The van der Waals surface area contributed by atoms with Gasteiger partial charge in [-0.2, -0.15) is 0 Å². The number of ether oxygens (including phenoxy) is 1. The van der Waals surface area contributed by atoms with Gasteiger partial charge in [-0.25, -0.2) is 0 Å². The number of nitrogens with one attached hydrogen (secondary N) is 2. The molecule has 1 atom stereocenters. The van der Waals surface area contributed by atoms with Crippen LogP contribution in [0.25, 0.3) is 0 Å². The summed E-state index contributed by atoms with van der Waals surface area (Å²) in [6, 6.07) is 12.9. The maximum absolute atomic E-state index is 12.0. The molecule has 0 spiro atoms. The average molecular weight is 310 g/mol. The van der Waals surface area contributed by atoms with E-state index in [1.807, 2.05) is 44.2 Å². The predicted molar refractivity (Wildman–Crippen MR) is 88.8 cm³/mol. The van der Waals surface area contributed by atoms with Crippen LogP contribution in [0.2, 0.25) is 0 Å². The van der Waals surface area contributed by atoms with Crippen LogP contribution >= 0.6 is 0 Å². The Balaban J connectivity index is 1.63. The molecule has 0 radical (unpaired) electrons. The van der Waals surface area contributed by atoms with Crippen LogP contribution in [-0.4, -0.2) is 18.4 Å². The summed E-state index contributed by atoms with van der Waals surface area (Å²) in [6.45, 7) is 3.71. The molecular formula is C18H18N2O3. The SMILES string of the molecule is Cc1ccccc1OCC(=O)Nc1ccc2c(c1)C(C)C(=O)N2. The molecule has 1 unspecified atom stereocenters. The maximum atomic E-state index is 12.0. The molecular weight excluding hydrogens is 292 g/mol. The Bertz CT molecular complexity index is 771. The summed E-state index contributed by atoms with van der Waals surface area (Å²) in [4.78, 5) is 23.7. The molecule has 1 aliphatic heterocycles. The number of para-hydroxylation sites is 1. The Morgan fingerprint density at radius 1 is 1.26 bits per heavy atom. The van der Waals surface area contributed by atoms with Crippen molar-refractivity contribution in [2.45, 2.75) is 19.8 Å². The summed E-state index contributed by atoms with van der Waals surface area (Å²) in [6.07, 6.45) is 0. The highest BCUT2D eigenvalue weighted by molar-refractivity contribution is 6.03. The highest BCUT2D eigenvalue weighted by Gasteiger charge is 2.26. The van der Waals surface area contributed by atoms with Crippen molar-refractivity contribution >= 4 is 23.2 Å². The van der Waals surface area contributed by atoms with E-state index in [1.165, 1.54) is 0 Å². The van der Waals surface area contributed by atoms with E-state index < -0.39 is 0 Å². The van der Waals surface area contributed by atoms with E-state index in [-0.39, 0.29) is 24.3 Å². The monoisotopic (exact) mass is 310 g/mol. The number of hydrogen-bond acceptors (Lipinski definition) is 3.